The Labute approximate surface area is 203 Å². The zero-order valence-electron chi connectivity index (χ0n) is 18.6. The summed E-state index contributed by atoms with van der Waals surface area (Å²) in [7, 11) is 1.64. The van der Waals surface area contributed by atoms with E-state index in [4.69, 9.17) is 21.1 Å². The van der Waals surface area contributed by atoms with E-state index in [1.54, 1.807) is 31.4 Å². The molecule has 0 N–H and O–H groups in total. The average molecular weight is 514 g/mol. The van der Waals surface area contributed by atoms with Crippen molar-refractivity contribution in [2.75, 3.05) is 7.11 Å². The van der Waals surface area contributed by atoms with Crippen LogP contribution in [0.2, 0.25) is 5.02 Å². The molecule has 5 heteroatoms. The topological polar surface area (TPSA) is 35.5 Å². The molecule has 0 aliphatic rings. The maximum Gasteiger partial charge on any atom is 0.185 e. The van der Waals surface area contributed by atoms with Gasteiger partial charge in [0, 0.05) is 20.6 Å². The molecule has 3 aromatic carbocycles. The van der Waals surface area contributed by atoms with Crippen LogP contribution in [0.5, 0.6) is 11.5 Å². The fraction of sp³-hybridized carbons (Fsp3) is 0.222. The summed E-state index contributed by atoms with van der Waals surface area (Å²) in [6, 6.07) is 17.1. The number of rotatable bonds is 8. The SMILES string of the molecule is COc1ccc(/C=C/C(=O)c2cccc(Br)c2)cc1COc1cc(C)c(Cl)cc1C(C)C. The van der Waals surface area contributed by atoms with E-state index in [0.717, 1.165) is 43.2 Å². The number of hydrogen-bond donors (Lipinski definition) is 0. The van der Waals surface area contributed by atoms with Gasteiger partial charge in [-0.15, -0.1) is 0 Å². The second kappa shape index (κ2) is 10.8. The van der Waals surface area contributed by atoms with Crippen molar-refractivity contribution in [2.24, 2.45) is 0 Å². The smallest absolute Gasteiger partial charge is 0.185 e. The van der Waals surface area contributed by atoms with Gasteiger partial charge in [0.25, 0.3) is 0 Å². The van der Waals surface area contributed by atoms with Gasteiger partial charge in [0.2, 0.25) is 0 Å². The molecule has 3 rings (SSSR count). The van der Waals surface area contributed by atoms with E-state index in [-0.39, 0.29) is 11.7 Å². The highest BCUT2D eigenvalue weighted by Gasteiger charge is 2.13. The van der Waals surface area contributed by atoms with E-state index in [2.05, 4.69) is 29.8 Å². The van der Waals surface area contributed by atoms with E-state index in [0.29, 0.717) is 12.2 Å². The van der Waals surface area contributed by atoms with Crippen LogP contribution in [-0.4, -0.2) is 12.9 Å². The minimum absolute atomic E-state index is 0.0573. The molecule has 0 aliphatic heterocycles. The summed E-state index contributed by atoms with van der Waals surface area (Å²) in [6.07, 6.45) is 3.38. The van der Waals surface area contributed by atoms with Gasteiger partial charge in [-0.2, -0.15) is 0 Å². The summed E-state index contributed by atoms with van der Waals surface area (Å²) in [6.45, 7) is 6.53. The second-order valence-corrected chi connectivity index (χ2v) is 9.18. The van der Waals surface area contributed by atoms with E-state index in [1.807, 2.05) is 49.4 Å². The monoisotopic (exact) mass is 512 g/mol. The lowest BCUT2D eigenvalue weighted by molar-refractivity contribution is 0.104. The first kappa shape index (κ1) is 24.1. The highest BCUT2D eigenvalue weighted by atomic mass is 79.9. The number of methoxy groups -OCH3 is 1. The molecule has 0 atom stereocenters. The Bertz CT molecular complexity index is 1150. The number of ketones is 1. The lowest BCUT2D eigenvalue weighted by atomic mass is 10.0. The predicted molar refractivity (Wildman–Crippen MR) is 135 cm³/mol. The first-order valence-corrected chi connectivity index (χ1v) is 11.5. The molecule has 0 saturated heterocycles. The van der Waals surface area contributed by atoms with Crippen LogP contribution in [-0.2, 0) is 6.61 Å². The fourth-order valence-corrected chi connectivity index (χ4v) is 3.90. The molecular weight excluding hydrogens is 488 g/mol. The van der Waals surface area contributed by atoms with Crippen molar-refractivity contribution in [3.63, 3.8) is 0 Å². The number of hydrogen-bond acceptors (Lipinski definition) is 3. The highest BCUT2D eigenvalue weighted by molar-refractivity contribution is 9.10. The fourth-order valence-electron chi connectivity index (χ4n) is 3.33. The van der Waals surface area contributed by atoms with Crippen LogP contribution in [0.4, 0.5) is 0 Å². The normalized spacial score (nSPS) is 11.2. The minimum Gasteiger partial charge on any atom is -0.496 e. The summed E-state index contributed by atoms with van der Waals surface area (Å²) >= 11 is 9.71. The van der Waals surface area contributed by atoms with Crippen LogP contribution in [0.25, 0.3) is 6.08 Å². The molecular formula is C27H26BrClO3. The Morgan fingerprint density at radius 3 is 2.56 bits per heavy atom. The summed E-state index contributed by atoms with van der Waals surface area (Å²) < 4.78 is 12.6. The molecule has 0 aliphatic carbocycles. The highest BCUT2D eigenvalue weighted by Crippen LogP contribution is 2.33. The average Bonchev–Trinajstić information content (AvgIpc) is 2.77. The van der Waals surface area contributed by atoms with E-state index >= 15 is 0 Å². The van der Waals surface area contributed by atoms with Crippen molar-refractivity contribution < 1.29 is 14.3 Å². The molecule has 0 aromatic heterocycles. The van der Waals surface area contributed by atoms with Gasteiger partial charge in [-0.1, -0.05) is 65.7 Å². The molecule has 32 heavy (non-hydrogen) atoms. The zero-order chi connectivity index (χ0) is 23.3. The Morgan fingerprint density at radius 1 is 1.09 bits per heavy atom. The molecule has 0 radical (unpaired) electrons. The van der Waals surface area contributed by atoms with E-state index in [9.17, 15) is 4.79 Å². The Kier molecular flexibility index (Phi) is 8.16. The Balaban J connectivity index is 1.81. The lowest BCUT2D eigenvalue weighted by Gasteiger charge is -2.17. The maximum atomic E-state index is 12.5. The van der Waals surface area contributed by atoms with E-state index < -0.39 is 0 Å². The number of halogens is 2. The number of aryl methyl sites for hydroxylation is 1. The van der Waals surface area contributed by atoms with Crippen LogP contribution >= 0.6 is 27.5 Å². The molecule has 0 unspecified atom stereocenters. The van der Waals surface area contributed by atoms with Crippen LogP contribution in [0.3, 0.4) is 0 Å². The molecule has 0 heterocycles. The predicted octanol–water partition coefficient (Wildman–Crippen LogP) is 8.02. The van der Waals surface area contributed by atoms with E-state index in [1.165, 1.54) is 0 Å². The van der Waals surface area contributed by atoms with Gasteiger partial charge in [0.1, 0.15) is 18.1 Å². The van der Waals surface area contributed by atoms with Crippen molar-refractivity contribution >= 4 is 39.4 Å². The van der Waals surface area contributed by atoms with Gasteiger partial charge in [-0.05, 0) is 72.0 Å². The summed E-state index contributed by atoms with van der Waals surface area (Å²) in [4.78, 5) is 12.5. The third-order valence-electron chi connectivity index (χ3n) is 5.14. The van der Waals surface area contributed by atoms with Crippen LogP contribution in [0.1, 0.15) is 52.4 Å². The molecule has 166 valence electrons. The quantitative estimate of drug-likeness (QED) is 0.226. The van der Waals surface area contributed by atoms with Crippen LogP contribution < -0.4 is 9.47 Å². The van der Waals surface area contributed by atoms with Crippen molar-refractivity contribution in [1.82, 2.24) is 0 Å². The third-order valence-corrected chi connectivity index (χ3v) is 6.04. The number of ether oxygens (including phenoxy) is 2. The van der Waals surface area contributed by atoms with Crippen LogP contribution in [0, 0.1) is 6.92 Å². The van der Waals surface area contributed by atoms with Gasteiger partial charge in [0.15, 0.2) is 5.78 Å². The third kappa shape index (κ3) is 6.02. The van der Waals surface area contributed by atoms with Gasteiger partial charge in [-0.25, -0.2) is 0 Å². The first-order chi connectivity index (χ1) is 15.3. The number of carbonyl (C=O) groups excluding carboxylic acids is 1. The maximum absolute atomic E-state index is 12.5. The van der Waals surface area contributed by atoms with Gasteiger partial charge in [-0.3, -0.25) is 4.79 Å². The molecule has 3 nitrogen and oxygen atoms in total. The standard InChI is InChI=1S/C27H26BrClO3/c1-17(2)23-15-24(29)18(3)12-27(23)32-16-21-13-19(9-11-26(21)31-4)8-10-25(30)20-6-5-7-22(28)14-20/h5-15,17H,16H2,1-4H3/b10-8+. The van der Waals surface area contributed by atoms with Crippen molar-refractivity contribution in [1.29, 1.82) is 0 Å². The zero-order valence-corrected chi connectivity index (χ0v) is 21.0. The Hall–Kier alpha value is -2.56. The molecule has 0 bridgehead atoms. The number of carbonyl (C=O) groups is 1. The second-order valence-electron chi connectivity index (χ2n) is 7.86. The number of benzene rings is 3. The summed E-state index contributed by atoms with van der Waals surface area (Å²) in [5.41, 5.74) is 4.46. The molecule has 0 amide bonds. The van der Waals surface area contributed by atoms with Gasteiger partial charge >= 0.3 is 0 Å². The van der Waals surface area contributed by atoms with Gasteiger partial charge in [0.05, 0.1) is 7.11 Å². The summed E-state index contributed by atoms with van der Waals surface area (Å²) in [5, 5.41) is 0.737. The Morgan fingerprint density at radius 2 is 1.88 bits per heavy atom. The van der Waals surface area contributed by atoms with Gasteiger partial charge < -0.3 is 9.47 Å². The van der Waals surface area contributed by atoms with Crippen molar-refractivity contribution in [3.8, 4) is 11.5 Å². The largest absolute Gasteiger partial charge is 0.496 e. The summed E-state index contributed by atoms with van der Waals surface area (Å²) in [5.74, 6) is 1.77. The van der Waals surface area contributed by atoms with Crippen molar-refractivity contribution in [2.45, 2.75) is 33.3 Å². The molecule has 0 fully saturated rings. The van der Waals surface area contributed by atoms with Crippen LogP contribution in [0.15, 0.2) is 65.1 Å². The molecule has 0 saturated carbocycles. The molecule has 0 spiro atoms. The molecule has 3 aromatic rings. The lowest BCUT2D eigenvalue weighted by Crippen LogP contribution is -2.03. The minimum atomic E-state index is -0.0573. The number of allylic oxidation sites excluding steroid dienone is 1. The first-order valence-electron chi connectivity index (χ1n) is 10.4. The van der Waals surface area contributed by atoms with Crippen molar-refractivity contribution in [3.05, 3.63) is 98.0 Å².